The molecule has 0 bridgehead atoms. The van der Waals surface area contributed by atoms with E-state index in [4.69, 9.17) is 15.2 Å². The van der Waals surface area contributed by atoms with Gasteiger partial charge < -0.3 is 15.2 Å². The lowest BCUT2D eigenvalue weighted by atomic mass is 10.0. The second kappa shape index (κ2) is 7.14. The highest BCUT2D eigenvalue weighted by atomic mass is 16.5. The van der Waals surface area contributed by atoms with E-state index in [0.29, 0.717) is 18.6 Å². The summed E-state index contributed by atoms with van der Waals surface area (Å²) in [6.07, 6.45) is 3.67. The summed E-state index contributed by atoms with van der Waals surface area (Å²) >= 11 is 0. The molecule has 1 heterocycles. The van der Waals surface area contributed by atoms with E-state index in [1.54, 1.807) is 14.2 Å². The lowest BCUT2D eigenvalue weighted by Crippen LogP contribution is -2.41. The first-order chi connectivity index (χ1) is 10.2. The van der Waals surface area contributed by atoms with Crippen LogP contribution in [0.2, 0.25) is 0 Å². The van der Waals surface area contributed by atoms with Gasteiger partial charge in [0, 0.05) is 30.3 Å². The Morgan fingerprint density at radius 2 is 2.05 bits per heavy atom. The summed E-state index contributed by atoms with van der Waals surface area (Å²) < 4.78 is 10.9. The number of ether oxygens (including phenoxy) is 2. The maximum atomic E-state index is 6.13. The van der Waals surface area contributed by atoms with Gasteiger partial charge in [0.15, 0.2) is 0 Å². The molecule has 1 aromatic rings. The molecule has 0 aliphatic carbocycles. The number of hydrogen-bond donors (Lipinski definition) is 1. The number of rotatable bonds is 6. The van der Waals surface area contributed by atoms with Crippen molar-refractivity contribution in [1.29, 1.82) is 0 Å². The van der Waals surface area contributed by atoms with Gasteiger partial charge in [-0.1, -0.05) is 13.0 Å². The average molecular weight is 292 g/mol. The van der Waals surface area contributed by atoms with Gasteiger partial charge in [0.2, 0.25) is 0 Å². The third kappa shape index (κ3) is 3.16. The van der Waals surface area contributed by atoms with Gasteiger partial charge in [-0.2, -0.15) is 0 Å². The summed E-state index contributed by atoms with van der Waals surface area (Å²) in [5, 5.41) is 0. The van der Waals surface area contributed by atoms with Gasteiger partial charge in [-0.05, 0) is 32.3 Å². The lowest BCUT2D eigenvalue weighted by molar-refractivity contribution is 0.134. The molecule has 3 unspecified atom stereocenters. The van der Waals surface area contributed by atoms with Gasteiger partial charge in [-0.15, -0.1) is 0 Å². The van der Waals surface area contributed by atoms with Crippen molar-refractivity contribution in [3.8, 4) is 11.5 Å². The monoisotopic (exact) mass is 292 g/mol. The molecule has 1 saturated heterocycles. The van der Waals surface area contributed by atoms with Crippen LogP contribution in [0.25, 0.3) is 0 Å². The Balaban J connectivity index is 2.36. The Kier molecular flexibility index (Phi) is 5.48. The molecule has 4 heteroatoms. The summed E-state index contributed by atoms with van der Waals surface area (Å²) in [5.41, 5.74) is 7.29. The SMILES string of the molecule is CCC1CCC(C)N1C(CN)c1ccc(OC)cc1OC. The molecule has 1 aromatic carbocycles. The van der Waals surface area contributed by atoms with E-state index in [0.717, 1.165) is 17.1 Å². The van der Waals surface area contributed by atoms with E-state index in [9.17, 15) is 0 Å². The van der Waals surface area contributed by atoms with Crippen molar-refractivity contribution in [2.24, 2.45) is 5.73 Å². The van der Waals surface area contributed by atoms with Crippen LogP contribution < -0.4 is 15.2 Å². The van der Waals surface area contributed by atoms with Gasteiger partial charge in [0.1, 0.15) is 11.5 Å². The number of nitrogens with two attached hydrogens (primary N) is 1. The second-order valence-electron chi connectivity index (χ2n) is 5.80. The molecule has 0 saturated carbocycles. The van der Waals surface area contributed by atoms with Gasteiger partial charge in [0.25, 0.3) is 0 Å². The highest BCUT2D eigenvalue weighted by molar-refractivity contribution is 5.43. The van der Waals surface area contributed by atoms with E-state index in [1.165, 1.54) is 19.3 Å². The Morgan fingerprint density at radius 1 is 1.29 bits per heavy atom. The number of methoxy groups -OCH3 is 2. The molecule has 0 spiro atoms. The highest BCUT2D eigenvalue weighted by Crippen LogP contribution is 2.38. The molecular formula is C17H28N2O2. The van der Waals surface area contributed by atoms with Crippen molar-refractivity contribution >= 4 is 0 Å². The van der Waals surface area contributed by atoms with Gasteiger partial charge >= 0.3 is 0 Å². The van der Waals surface area contributed by atoms with Crippen LogP contribution in [-0.2, 0) is 0 Å². The topological polar surface area (TPSA) is 47.7 Å². The van der Waals surface area contributed by atoms with E-state index < -0.39 is 0 Å². The molecule has 0 amide bonds. The van der Waals surface area contributed by atoms with Crippen molar-refractivity contribution in [3.05, 3.63) is 23.8 Å². The second-order valence-corrected chi connectivity index (χ2v) is 5.80. The summed E-state index contributed by atoms with van der Waals surface area (Å²) in [5.74, 6) is 1.67. The molecule has 21 heavy (non-hydrogen) atoms. The van der Waals surface area contributed by atoms with Crippen molar-refractivity contribution in [1.82, 2.24) is 4.90 Å². The number of hydrogen-bond acceptors (Lipinski definition) is 4. The molecular weight excluding hydrogens is 264 g/mol. The maximum Gasteiger partial charge on any atom is 0.127 e. The summed E-state index contributed by atoms with van der Waals surface area (Å²) in [6.45, 7) is 5.16. The lowest BCUT2D eigenvalue weighted by Gasteiger charge is -2.36. The highest BCUT2D eigenvalue weighted by Gasteiger charge is 2.35. The van der Waals surface area contributed by atoms with E-state index in [1.807, 2.05) is 12.1 Å². The molecule has 2 rings (SSSR count). The Labute approximate surface area is 128 Å². The molecule has 0 radical (unpaired) electrons. The van der Waals surface area contributed by atoms with Crippen LogP contribution >= 0.6 is 0 Å². The summed E-state index contributed by atoms with van der Waals surface area (Å²) in [7, 11) is 3.38. The summed E-state index contributed by atoms with van der Waals surface area (Å²) in [6, 6.07) is 7.40. The first-order valence-corrected chi connectivity index (χ1v) is 7.85. The van der Waals surface area contributed by atoms with Gasteiger partial charge in [-0.25, -0.2) is 0 Å². The van der Waals surface area contributed by atoms with Crippen LogP contribution in [0.15, 0.2) is 18.2 Å². The normalized spacial score (nSPS) is 24.0. The van der Waals surface area contributed by atoms with Crippen LogP contribution in [-0.4, -0.2) is 37.7 Å². The number of benzene rings is 1. The van der Waals surface area contributed by atoms with Crippen LogP contribution in [0, 0.1) is 0 Å². The van der Waals surface area contributed by atoms with Gasteiger partial charge in [-0.3, -0.25) is 4.90 Å². The van der Waals surface area contributed by atoms with Crippen molar-refractivity contribution in [3.63, 3.8) is 0 Å². The zero-order chi connectivity index (χ0) is 15.4. The van der Waals surface area contributed by atoms with Crippen molar-refractivity contribution in [2.45, 2.75) is 51.2 Å². The smallest absolute Gasteiger partial charge is 0.127 e. The third-order valence-electron chi connectivity index (χ3n) is 4.70. The van der Waals surface area contributed by atoms with Crippen molar-refractivity contribution in [2.75, 3.05) is 20.8 Å². The molecule has 1 fully saturated rings. The molecule has 118 valence electrons. The maximum absolute atomic E-state index is 6.13. The first kappa shape index (κ1) is 16.1. The van der Waals surface area contributed by atoms with Crippen LogP contribution in [0.5, 0.6) is 11.5 Å². The number of likely N-dealkylation sites (tertiary alicyclic amines) is 1. The van der Waals surface area contributed by atoms with Crippen LogP contribution in [0.1, 0.15) is 44.7 Å². The molecule has 0 aromatic heterocycles. The molecule has 1 aliphatic rings. The largest absolute Gasteiger partial charge is 0.497 e. The van der Waals surface area contributed by atoms with E-state index in [-0.39, 0.29) is 6.04 Å². The molecule has 4 nitrogen and oxygen atoms in total. The first-order valence-electron chi connectivity index (χ1n) is 7.85. The Morgan fingerprint density at radius 3 is 2.62 bits per heavy atom. The van der Waals surface area contributed by atoms with Crippen LogP contribution in [0.3, 0.4) is 0 Å². The Hall–Kier alpha value is -1.26. The molecule has 2 N–H and O–H groups in total. The minimum atomic E-state index is 0.202. The fourth-order valence-corrected chi connectivity index (χ4v) is 3.57. The minimum Gasteiger partial charge on any atom is -0.497 e. The summed E-state index contributed by atoms with van der Waals surface area (Å²) in [4.78, 5) is 2.57. The Bertz CT molecular complexity index is 464. The quantitative estimate of drug-likeness (QED) is 0.875. The fourth-order valence-electron chi connectivity index (χ4n) is 3.57. The van der Waals surface area contributed by atoms with Crippen LogP contribution in [0.4, 0.5) is 0 Å². The zero-order valence-electron chi connectivity index (χ0n) is 13.6. The average Bonchev–Trinajstić information content (AvgIpc) is 2.89. The van der Waals surface area contributed by atoms with E-state index >= 15 is 0 Å². The molecule has 1 aliphatic heterocycles. The molecule has 3 atom stereocenters. The predicted molar refractivity (Wildman–Crippen MR) is 86.0 cm³/mol. The number of nitrogens with zero attached hydrogens (tertiary/aromatic N) is 1. The van der Waals surface area contributed by atoms with Crippen molar-refractivity contribution < 1.29 is 9.47 Å². The zero-order valence-corrected chi connectivity index (χ0v) is 13.6. The van der Waals surface area contributed by atoms with Gasteiger partial charge in [0.05, 0.1) is 20.3 Å². The van der Waals surface area contributed by atoms with E-state index in [2.05, 4.69) is 24.8 Å². The predicted octanol–water partition coefficient (Wildman–Crippen LogP) is 2.97. The standard InChI is InChI=1S/C17H28N2O2/c1-5-13-7-6-12(2)19(13)16(11-18)15-9-8-14(20-3)10-17(15)21-4/h8-10,12-13,16H,5-7,11,18H2,1-4H3. The fraction of sp³-hybridized carbons (Fsp3) is 0.647. The third-order valence-corrected chi connectivity index (χ3v) is 4.70. The minimum absolute atomic E-state index is 0.202.